The molecule has 0 saturated heterocycles. The van der Waals surface area contributed by atoms with Crippen LogP contribution in [0.25, 0.3) is 0 Å². The Labute approximate surface area is 154 Å². The summed E-state index contributed by atoms with van der Waals surface area (Å²) in [6, 6.07) is 5.82. The van der Waals surface area contributed by atoms with Crippen LogP contribution in [0.4, 0.5) is 0 Å². The average molecular weight is 357 g/mol. The third kappa shape index (κ3) is 5.89. The van der Waals surface area contributed by atoms with E-state index in [9.17, 15) is 19.8 Å². The number of carboxylic acids is 1. The number of hydrogen-bond acceptors (Lipinski definition) is 3. The monoisotopic (exact) mass is 357 g/mol. The highest BCUT2D eigenvalue weighted by Crippen LogP contribution is 2.27. The molecule has 1 aromatic rings. The van der Waals surface area contributed by atoms with Gasteiger partial charge in [0.15, 0.2) is 0 Å². The van der Waals surface area contributed by atoms with Gasteiger partial charge in [-0.3, -0.25) is 4.79 Å². The Morgan fingerprint density at radius 2 is 1.85 bits per heavy atom. The topological polar surface area (TPSA) is 86.6 Å². The van der Waals surface area contributed by atoms with Gasteiger partial charge >= 0.3 is 5.97 Å². The van der Waals surface area contributed by atoms with Crippen LogP contribution in [0, 0.1) is 11.8 Å². The normalized spacial score (nSPS) is 16.8. The van der Waals surface area contributed by atoms with Crippen LogP contribution in [0.5, 0.6) is 0 Å². The van der Waals surface area contributed by atoms with Gasteiger partial charge in [0, 0.05) is 11.1 Å². The summed E-state index contributed by atoms with van der Waals surface area (Å²) in [5, 5.41) is 22.2. The molecular weight excluding hydrogens is 330 g/mol. The number of unbranched alkanes of at least 4 members (excludes halogenated alkanes) is 1. The smallest absolute Gasteiger partial charge is 0.326 e. The van der Waals surface area contributed by atoms with Gasteiger partial charge in [0.05, 0.1) is 0 Å². The first-order chi connectivity index (χ1) is 12.4. The zero-order chi connectivity index (χ0) is 19.0. The van der Waals surface area contributed by atoms with Crippen molar-refractivity contribution >= 4 is 11.9 Å². The molecule has 1 atom stereocenters. The van der Waals surface area contributed by atoms with Crippen LogP contribution < -0.4 is 5.32 Å². The molecule has 0 spiro atoms. The molecule has 0 aliphatic heterocycles. The largest absolute Gasteiger partial charge is 0.480 e. The maximum Gasteiger partial charge on any atom is 0.326 e. The van der Waals surface area contributed by atoms with Crippen molar-refractivity contribution in [3.63, 3.8) is 0 Å². The van der Waals surface area contributed by atoms with E-state index < -0.39 is 23.5 Å². The minimum Gasteiger partial charge on any atom is -0.480 e. The molecule has 1 aliphatic carbocycles. The number of hydrogen-bond donors (Lipinski definition) is 3. The standard InChI is InChI=1S/C21H27NO4/c1-2-3-7-18(20(24)25)22-19(23)17-10-8-16(9-11-17)12-15-21(26)13-5-4-6-14-21/h8-11,18,26H,2-7,13-14H2,1H3,(H,22,23)(H,24,25). The van der Waals surface area contributed by atoms with Gasteiger partial charge in [-0.2, -0.15) is 0 Å². The Hall–Kier alpha value is -2.32. The molecule has 1 saturated carbocycles. The molecule has 5 heteroatoms. The molecule has 3 N–H and O–H groups in total. The molecule has 1 fully saturated rings. The molecule has 26 heavy (non-hydrogen) atoms. The van der Waals surface area contributed by atoms with E-state index in [1.165, 1.54) is 0 Å². The van der Waals surface area contributed by atoms with E-state index in [1.807, 2.05) is 6.92 Å². The van der Waals surface area contributed by atoms with E-state index in [0.29, 0.717) is 24.8 Å². The molecular formula is C21H27NO4. The Kier molecular flexibility index (Phi) is 7.23. The fourth-order valence-corrected chi connectivity index (χ4v) is 3.06. The fourth-order valence-electron chi connectivity index (χ4n) is 3.06. The van der Waals surface area contributed by atoms with Gasteiger partial charge < -0.3 is 15.5 Å². The second kappa shape index (κ2) is 9.40. The molecule has 140 valence electrons. The summed E-state index contributed by atoms with van der Waals surface area (Å²) in [6.07, 6.45) is 6.57. The Bertz CT molecular complexity index is 678. The number of amides is 1. The summed E-state index contributed by atoms with van der Waals surface area (Å²) in [4.78, 5) is 23.5. The highest BCUT2D eigenvalue weighted by Gasteiger charge is 2.26. The SMILES string of the molecule is CCCCC(NC(=O)c1ccc(C#CC2(O)CCCCC2)cc1)C(=O)O. The predicted octanol–water partition coefficient (Wildman–Crippen LogP) is 3.11. The predicted molar refractivity (Wildman–Crippen MR) is 99.8 cm³/mol. The van der Waals surface area contributed by atoms with Crippen LogP contribution in [0.2, 0.25) is 0 Å². The van der Waals surface area contributed by atoms with Crippen LogP contribution in [-0.2, 0) is 4.79 Å². The van der Waals surface area contributed by atoms with E-state index in [-0.39, 0.29) is 0 Å². The van der Waals surface area contributed by atoms with Gasteiger partial charge in [0.1, 0.15) is 11.6 Å². The van der Waals surface area contributed by atoms with Crippen LogP contribution in [0.1, 0.15) is 74.2 Å². The molecule has 0 bridgehead atoms. The van der Waals surface area contributed by atoms with Crippen LogP contribution >= 0.6 is 0 Å². The lowest BCUT2D eigenvalue weighted by molar-refractivity contribution is -0.139. The Morgan fingerprint density at radius 1 is 1.19 bits per heavy atom. The van der Waals surface area contributed by atoms with E-state index in [4.69, 9.17) is 0 Å². The molecule has 0 aromatic heterocycles. The van der Waals surface area contributed by atoms with E-state index in [2.05, 4.69) is 17.2 Å². The van der Waals surface area contributed by atoms with Crippen LogP contribution in [0.15, 0.2) is 24.3 Å². The van der Waals surface area contributed by atoms with Gasteiger partial charge in [-0.25, -0.2) is 4.79 Å². The maximum atomic E-state index is 12.2. The molecule has 5 nitrogen and oxygen atoms in total. The van der Waals surface area contributed by atoms with Crippen molar-refractivity contribution in [3.05, 3.63) is 35.4 Å². The van der Waals surface area contributed by atoms with Crippen molar-refractivity contribution < 1.29 is 19.8 Å². The van der Waals surface area contributed by atoms with E-state index in [0.717, 1.165) is 37.7 Å². The fraction of sp³-hybridized carbons (Fsp3) is 0.524. The van der Waals surface area contributed by atoms with Crippen molar-refractivity contribution in [2.45, 2.75) is 69.9 Å². The summed E-state index contributed by atoms with van der Waals surface area (Å²) in [5.41, 5.74) is 0.221. The van der Waals surface area contributed by atoms with Gasteiger partial charge in [0.25, 0.3) is 5.91 Å². The number of aliphatic carboxylic acids is 1. The molecule has 1 unspecified atom stereocenters. The highest BCUT2D eigenvalue weighted by molar-refractivity contribution is 5.96. The minimum atomic E-state index is -1.02. The Balaban J connectivity index is 2.00. The lowest BCUT2D eigenvalue weighted by Gasteiger charge is -2.26. The number of carbonyl (C=O) groups excluding carboxylic acids is 1. The second-order valence-electron chi connectivity index (χ2n) is 6.93. The third-order valence-electron chi connectivity index (χ3n) is 4.72. The molecule has 0 radical (unpaired) electrons. The van der Waals surface area contributed by atoms with Gasteiger partial charge in [-0.15, -0.1) is 0 Å². The van der Waals surface area contributed by atoms with Gasteiger partial charge in [-0.05, 0) is 56.4 Å². The van der Waals surface area contributed by atoms with Gasteiger partial charge in [-0.1, -0.05) is 38.0 Å². The zero-order valence-electron chi connectivity index (χ0n) is 15.3. The second-order valence-corrected chi connectivity index (χ2v) is 6.93. The van der Waals surface area contributed by atoms with Crippen molar-refractivity contribution in [2.24, 2.45) is 0 Å². The molecule has 1 aliphatic rings. The summed E-state index contributed by atoms with van der Waals surface area (Å²) in [7, 11) is 0. The molecule has 1 aromatic carbocycles. The maximum absolute atomic E-state index is 12.2. The number of carboxylic acid groups (broad SMARTS) is 1. The van der Waals surface area contributed by atoms with Crippen molar-refractivity contribution in [1.82, 2.24) is 5.32 Å². The van der Waals surface area contributed by atoms with Crippen molar-refractivity contribution in [3.8, 4) is 11.8 Å². The summed E-state index contributed by atoms with van der Waals surface area (Å²) < 4.78 is 0. The quantitative estimate of drug-likeness (QED) is 0.683. The molecule has 0 heterocycles. The molecule has 2 rings (SSSR count). The number of benzene rings is 1. The lowest BCUT2D eigenvalue weighted by atomic mass is 9.85. The van der Waals surface area contributed by atoms with Crippen molar-refractivity contribution in [1.29, 1.82) is 0 Å². The third-order valence-corrected chi connectivity index (χ3v) is 4.72. The number of aliphatic hydroxyl groups is 1. The number of carbonyl (C=O) groups is 2. The summed E-state index contributed by atoms with van der Waals surface area (Å²) in [5.74, 6) is 4.52. The lowest BCUT2D eigenvalue weighted by Crippen LogP contribution is -2.40. The van der Waals surface area contributed by atoms with E-state index >= 15 is 0 Å². The zero-order valence-corrected chi connectivity index (χ0v) is 15.3. The van der Waals surface area contributed by atoms with Crippen LogP contribution in [0.3, 0.4) is 0 Å². The van der Waals surface area contributed by atoms with Gasteiger partial charge in [0.2, 0.25) is 0 Å². The first kappa shape index (κ1) is 20.0. The molecule has 1 amide bonds. The number of nitrogens with one attached hydrogen (secondary N) is 1. The Morgan fingerprint density at radius 3 is 2.42 bits per heavy atom. The summed E-state index contributed by atoms with van der Waals surface area (Å²) in [6.45, 7) is 1.98. The first-order valence-electron chi connectivity index (χ1n) is 9.33. The highest BCUT2D eigenvalue weighted by atomic mass is 16.4. The van der Waals surface area contributed by atoms with Crippen LogP contribution in [-0.4, -0.2) is 33.7 Å². The summed E-state index contributed by atoms with van der Waals surface area (Å²) >= 11 is 0. The average Bonchev–Trinajstić information content (AvgIpc) is 2.64. The minimum absolute atomic E-state index is 0.398. The van der Waals surface area contributed by atoms with Crippen molar-refractivity contribution in [2.75, 3.05) is 0 Å². The van der Waals surface area contributed by atoms with E-state index in [1.54, 1.807) is 24.3 Å². The first-order valence-corrected chi connectivity index (χ1v) is 9.33. The number of rotatable bonds is 6.